The second-order valence-corrected chi connectivity index (χ2v) is 4.04. The summed E-state index contributed by atoms with van der Waals surface area (Å²) in [6.07, 6.45) is -0.783. The molecule has 1 amide bonds. The summed E-state index contributed by atoms with van der Waals surface area (Å²) in [7, 11) is 1.53. The van der Waals surface area contributed by atoms with Gasteiger partial charge < -0.3 is 15.3 Å². The third-order valence-electron chi connectivity index (χ3n) is 2.78. The van der Waals surface area contributed by atoms with Gasteiger partial charge in [0, 0.05) is 19.2 Å². The van der Waals surface area contributed by atoms with Gasteiger partial charge in [-0.1, -0.05) is 12.1 Å². The maximum absolute atomic E-state index is 13.9. The van der Waals surface area contributed by atoms with E-state index in [4.69, 9.17) is 0 Å². The summed E-state index contributed by atoms with van der Waals surface area (Å²) in [6.45, 7) is 3.95. The highest BCUT2D eigenvalue weighted by atomic mass is 19.1. The zero-order valence-electron chi connectivity index (χ0n) is 10.9. The molecule has 0 unspecified atom stereocenters. The molecule has 0 aliphatic heterocycles. The largest absolute Gasteiger partial charge is 0.389 e. The fourth-order valence-corrected chi connectivity index (χ4v) is 1.80. The summed E-state index contributed by atoms with van der Waals surface area (Å²) >= 11 is 0. The summed E-state index contributed by atoms with van der Waals surface area (Å²) in [5.41, 5.74) is 0.777. The number of benzene rings is 1. The maximum Gasteiger partial charge on any atom is 0.239 e. The Bertz CT molecular complexity index is 421. The number of para-hydroxylation sites is 1. The SMILES string of the molecule is CCN(CC(=O)NC)c1c(F)cccc1[C@@H](C)O. The fourth-order valence-electron chi connectivity index (χ4n) is 1.80. The molecule has 0 aliphatic rings. The van der Waals surface area contributed by atoms with Gasteiger partial charge in [-0.3, -0.25) is 4.79 Å². The molecule has 0 saturated carbocycles. The highest BCUT2D eigenvalue weighted by Gasteiger charge is 2.19. The molecule has 5 heteroatoms. The van der Waals surface area contributed by atoms with Crippen LogP contribution in [0.1, 0.15) is 25.5 Å². The van der Waals surface area contributed by atoms with Crippen molar-refractivity contribution in [3.05, 3.63) is 29.6 Å². The molecular weight excluding hydrogens is 235 g/mol. The molecule has 18 heavy (non-hydrogen) atoms. The van der Waals surface area contributed by atoms with E-state index in [1.165, 1.54) is 13.1 Å². The van der Waals surface area contributed by atoms with Crippen LogP contribution in [0, 0.1) is 5.82 Å². The molecule has 0 heterocycles. The molecule has 2 N–H and O–H groups in total. The molecule has 0 bridgehead atoms. The van der Waals surface area contributed by atoms with Gasteiger partial charge in [-0.05, 0) is 19.9 Å². The van der Waals surface area contributed by atoms with Crippen LogP contribution in [0.3, 0.4) is 0 Å². The Kier molecular flexibility index (Phi) is 5.09. The normalized spacial score (nSPS) is 12.1. The van der Waals surface area contributed by atoms with Crippen LogP contribution in [0.4, 0.5) is 10.1 Å². The van der Waals surface area contributed by atoms with Crippen LogP contribution < -0.4 is 10.2 Å². The number of carbonyl (C=O) groups excluding carboxylic acids is 1. The molecular formula is C13H19FN2O2. The van der Waals surface area contributed by atoms with Gasteiger partial charge in [0.2, 0.25) is 5.91 Å². The van der Waals surface area contributed by atoms with Crippen LogP contribution >= 0.6 is 0 Å². The molecule has 1 aromatic carbocycles. The van der Waals surface area contributed by atoms with Crippen LogP contribution in [-0.4, -0.2) is 31.2 Å². The Labute approximate surface area is 106 Å². The van der Waals surface area contributed by atoms with E-state index < -0.39 is 11.9 Å². The summed E-state index contributed by atoms with van der Waals surface area (Å²) in [5.74, 6) is -0.629. The van der Waals surface area contributed by atoms with Gasteiger partial charge in [0.1, 0.15) is 5.82 Å². The third-order valence-corrected chi connectivity index (χ3v) is 2.78. The molecule has 0 fully saturated rings. The van der Waals surface area contributed by atoms with Gasteiger partial charge >= 0.3 is 0 Å². The van der Waals surface area contributed by atoms with Crippen LogP contribution in [0.2, 0.25) is 0 Å². The fraction of sp³-hybridized carbons (Fsp3) is 0.462. The average molecular weight is 254 g/mol. The Morgan fingerprint density at radius 3 is 2.72 bits per heavy atom. The van der Waals surface area contributed by atoms with Crippen molar-refractivity contribution in [2.24, 2.45) is 0 Å². The number of hydrogen-bond donors (Lipinski definition) is 2. The van der Waals surface area contributed by atoms with Crippen molar-refractivity contribution in [1.29, 1.82) is 0 Å². The number of likely N-dealkylation sites (N-methyl/N-ethyl adjacent to an activating group) is 2. The summed E-state index contributed by atoms with van der Waals surface area (Å²) < 4.78 is 13.9. The van der Waals surface area contributed by atoms with Crippen LogP contribution in [-0.2, 0) is 4.79 Å². The van der Waals surface area contributed by atoms with Crippen molar-refractivity contribution in [3.8, 4) is 0 Å². The highest BCUT2D eigenvalue weighted by Crippen LogP contribution is 2.29. The van der Waals surface area contributed by atoms with Gasteiger partial charge in [0.05, 0.1) is 18.3 Å². The average Bonchev–Trinajstić information content (AvgIpc) is 2.35. The quantitative estimate of drug-likeness (QED) is 0.836. The first-order valence-corrected chi connectivity index (χ1v) is 5.93. The Morgan fingerprint density at radius 1 is 1.56 bits per heavy atom. The minimum absolute atomic E-state index is 0.0631. The predicted octanol–water partition coefficient (Wildman–Crippen LogP) is 1.45. The number of hydrogen-bond acceptors (Lipinski definition) is 3. The van der Waals surface area contributed by atoms with E-state index in [0.29, 0.717) is 17.8 Å². The van der Waals surface area contributed by atoms with Crippen molar-refractivity contribution in [2.45, 2.75) is 20.0 Å². The third kappa shape index (κ3) is 3.20. The summed E-state index contributed by atoms with van der Waals surface area (Å²) in [6, 6.07) is 4.54. The molecule has 0 aliphatic carbocycles. The van der Waals surface area contributed by atoms with Gasteiger partial charge in [-0.15, -0.1) is 0 Å². The predicted molar refractivity (Wildman–Crippen MR) is 69.0 cm³/mol. The molecule has 0 saturated heterocycles. The first-order valence-electron chi connectivity index (χ1n) is 5.93. The molecule has 0 spiro atoms. The number of aliphatic hydroxyl groups is 1. The first kappa shape index (κ1) is 14.4. The van der Waals surface area contributed by atoms with Crippen LogP contribution in [0.15, 0.2) is 18.2 Å². The lowest BCUT2D eigenvalue weighted by Gasteiger charge is -2.26. The minimum Gasteiger partial charge on any atom is -0.389 e. The van der Waals surface area contributed by atoms with E-state index in [1.807, 2.05) is 6.92 Å². The van der Waals surface area contributed by atoms with Crippen molar-refractivity contribution >= 4 is 11.6 Å². The lowest BCUT2D eigenvalue weighted by molar-refractivity contribution is -0.119. The van der Waals surface area contributed by atoms with Gasteiger partial charge in [0.25, 0.3) is 0 Å². The van der Waals surface area contributed by atoms with E-state index >= 15 is 0 Å². The van der Waals surface area contributed by atoms with E-state index in [1.54, 1.807) is 24.0 Å². The van der Waals surface area contributed by atoms with E-state index in [2.05, 4.69) is 5.32 Å². The molecule has 4 nitrogen and oxygen atoms in total. The number of amides is 1. The molecule has 1 atom stereocenters. The molecule has 1 aromatic rings. The van der Waals surface area contributed by atoms with Crippen molar-refractivity contribution < 1.29 is 14.3 Å². The van der Waals surface area contributed by atoms with Crippen molar-refractivity contribution in [2.75, 3.05) is 25.0 Å². The number of nitrogens with one attached hydrogen (secondary N) is 1. The first-order chi connectivity index (χ1) is 8.51. The maximum atomic E-state index is 13.9. The molecule has 0 aromatic heterocycles. The number of rotatable bonds is 5. The standard InChI is InChI=1S/C13H19FN2O2/c1-4-16(8-12(18)15-3)13-10(9(2)17)6-5-7-11(13)14/h5-7,9,17H,4,8H2,1-3H3,(H,15,18)/t9-/m1/s1. The van der Waals surface area contributed by atoms with Crippen LogP contribution in [0.5, 0.6) is 0 Å². The topological polar surface area (TPSA) is 52.6 Å². The molecule has 100 valence electrons. The molecule has 1 rings (SSSR count). The van der Waals surface area contributed by atoms with Gasteiger partial charge in [0.15, 0.2) is 0 Å². The molecule has 0 radical (unpaired) electrons. The van der Waals surface area contributed by atoms with Crippen molar-refractivity contribution in [1.82, 2.24) is 5.32 Å². The second kappa shape index (κ2) is 6.35. The highest BCUT2D eigenvalue weighted by molar-refractivity contribution is 5.81. The number of aliphatic hydroxyl groups excluding tert-OH is 1. The lowest BCUT2D eigenvalue weighted by Crippen LogP contribution is -2.36. The zero-order valence-corrected chi connectivity index (χ0v) is 10.9. The van der Waals surface area contributed by atoms with E-state index in [0.717, 1.165) is 0 Å². The Hall–Kier alpha value is -1.62. The van der Waals surface area contributed by atoms with Crippen molar-refractivity contribution in [3.63, 3.8) is 0 Å². The number of carbonyl (C=O) groups is 1. The Morgan fingerprint density at radius 2 is 2.22 bits per heavy atom. The lowest BCUT2D eigenvalue weighted by atomic mass is 10.1. The number of anilines is 1. The monoisotopic (exact) mass is 254 g/mol. The van der Waals surface area contributed by atoms with E-state index in [9.17, 15) is 14.3 Å². The second-order valence-electron chi connectivity index (χ2n) is 4.04. The zero-order chi connectivity index (χ0) is 13.7. The number of halogens is 1. The minimum atomic E-state index is -0.783. The van der Waals surface area contributed by atoms with E-state index in [-0.39, 0.29) is 12.5 Å². The number of nitrogens with zero attached hydrogens (tertiary/aromatic N) is 1. The summed E-state index contributed by atoms with van der Waals surface area (Å²) in [4.78, 5) is 13.0. The van der Waals surface area contributed by atoms with Crippen LogP contribution in [0.25, 0.3) is 0 Å². The van der Waals surface area contributed by atoms with Gasteiger partial charge in [-0.2, -0.15) is 0 Å². The summed E-state index contributed by atoms with van der Waals surface area (Å²) in [5, 5.41) is 12.2. The Balaban J connectivity index is 3.15. The van der Waals surface area contributed by atoms with Gasteiger partial charge in [-0.25, -0.2) is 4.39 Å². The smallest absolute Gasteiger partial charge is 0.239 e.